The number of allylic oxidation sites excluding steroid dienone is 1. The third-order valence-electron chi connectivity index (χ3n) is 5.09. The van der Waals surface area contributed by atoms with Crippen LogP contribution >= 0.6 is 0 Å². The van der Waals surface area contributed by atoms with E-state index in [9.17, 15) is 9.00 Å². The Morgan fingerprint density at radius 2 is 1.67 bits per heavy atom. The van der Waals surface area contributed by atoms with E-state index in [0.29, 0.717) is 16.3 Å². The molecule has 2 unspecified atom stereocenters. The number of carbonyl (C=O) groups is 1. The first-order chi connectivity index (χ1) is 10.2. The average Bonchev–Trinajstić information content (AvgIpc) is 2.45. The highest BCUT2D eigenvalue weighted by molar-refractivity contribution is 7.86. The van der Waals surface area contributed by atoms with Gasteiger partial charge in [0.05, 0.1) is 0 Å². The molecular weight excluding hydrogens is 280 g/mol. The summed E-state index contributed by atoms with van der Waals surface area (Å²) in [4.78, 5) is 12.4. The summed E-state index contributed by atoms with van der Waals surface area (Å²) in [6.45, 7) is 3.73. The zero-order chi connectivity index (χ0) is 15.1. The first kappa shape index (κ1) is 16.9. The summed E-state index contributed by atoms with van der Waals surface area (Å²) in [6, 6.07) is 0. The number of rotatable bonds is 9. The predicted molar refractivity (Wildman–Crippen MR) is 89.8 cm³/mol. The van der Waals surface area contributed by atoms with E-state index in [1.54, 1.807) is 0 Å². The Balaban J connectivity index is 1.63. The lowest BCUT2D eigenvalue weighted by atomic mass is 9.85. The van der Waals surface area contributed by atoms with Crippen molar-refractivity contribution < 1.29 is 9.00 Å². The van der Waals surface area contributed by atoms with Gasteiger partial charge >= 0.3 is 0 Å². The fourth-order valence-electron chi connectivity index (χ4n) is 3.82. The first-order valence-corrected chi connectivity index (χ1v) is 10.0. The number of fused-ring (bicyclic) bond motifs is 2. The van der Waals surface area contributed by atoms with Crippen LogP contribution in [0, 0.1) is 5.92 Å². The molecule has 0 spiro atoms. The van der Waals surface area contributed by atoms with Gasteiger partial charge in [0.25, 0.3) is 0 Å². The fraction of sp³-hybridized carbons (Fsp3) is 0.833. The molecule has 2 fully saturated rings. The molecule has 0 saturated carbocycles. The summed E-state index contributed by atoms with van der Waals surface area (Å²) in [5.74, 6) is 0.674. The van der Waals surface area contributed by atoms with Crippen LogP contribution in [0.5, 0.6) is 0 Å². The summed E-state index contributed by atoms with van der Waals surface area (Å²) >= 11 is 0. The summed E-state index contributed by atoms with van der Waals surface area (Å²) in [5.41, 5.74) is 0. The largest absolute Gasteiger partial charge is 0.299 e. The van der Waals surface area contributed by atoms with Gasteiger partial charge in [-0.15, -0.1) is 6.58 Å². The Labute approximate surface area is 132 Å². The molecule has 0 amide bonds. The highest BCUT2D eigenvalue weighted by atomic mass is 32.2. The molecule has 3 heteroatoms. The van der Waals surface area contributed by atoms with E-state index < -0.39 is 10.8 Å². The van der Waals surface area contributed by atoms with Gasteiger partial charge in [-0.1, -0.05) is 31.8 Å². The maximum absolute atomic E-state index is 12.4. The molecule has 2 atom stereocenters. The van der Waals surface area contributed by atoms with Crippen LogP contribution in [0.3, 0.4) is 0 Å². The second-order valence-electron chi connectivity index (χ2n) is 6.73. The van der Waals surface area contributed by atoms with Gasteiger partial charge in [-0.25, -0.2) is 0 Å². The lowest BCUT2D eigenvalue weighted by Gasteiger charge is -2.37. The number of hydrogen-bond donors (Lipinski definition) is 0. The van der Waals surface area contributed by atoms with Gasteiger partial charge < -0.3 is 0 Å². The van der Waals surface area contributed by atoms with Gasteiger partial charge in [0.15, 0.2) is 0 Å². The normalized spacial score (nSPS) is 31.8. The molecule has 2 heterocycles. The van der Waals surface area contributed by atoms with E-state index in [0.717, 1.165) is 44.9 Å². The molecule has 120 valence electrons. The Kier molecular flexibility index (Phi) is 7.15. The minimum atomic E-state index is -0.646. The zero-order valence-corrected chi connectivity index (χ0v) is 14.0. The quantitative estimate of drug-likeness (QED) is 0.462. The zero-order valence-electron chi connectivity index (χ0n) is 13.2. The maximum atomic E-state index is 12.4. The molecule has 2 aliphatic heterocycles. The molecule has 0 N–H and O–H groups in total. The summed E-state index contributed by atoms with van der Waals surface area (Å²) < 4.78 is 12.2. The molecule has 0 aromatic heterocycles. The molecule has 0 aromatic carbocycles. The molecule has 2 nitrogen and oxygen atoms in total. The number of Topliss-reactive ketones (excluding diaryl/α,β-unsaturated/α-hetero) is 1. The summed E-state index contributed by atoms with van der Waals surface area (Å²) in [7, 11) is -0.646. The van der Waals surface area contributed by atoms with Gasteiger partial charge in [0.2, 0.25) is 0 Å². The summed E-state index contributed by atoms with van der Waals surface area (Å²) in [5, 5.41) is 0.649. The Bertz CT molecular complexity index is 361. The van der Waals surface area contributed by atoms with Crippen LogP contribution in [0.25, 0.3) is 0 Å². The number of hydrogen-bond acceptors (Lipinski definition) is 2. The maximum Gasteiger partial charge on any atom is 0.136 e. The van der Waals surface area contributed by atoms with Crippen molar-refractivity contribution in [3.63, 3.8) is 0 Å². The van der Waals surface area contributed by atoms with Crippen LogP contribution < -0.4 is 0 Å². The smallest absolute Gasteiger partial charge is 0.136 e. The van der Waals surface area contributed by atoms with Crippen molar-refractivity contribution in [1.29, 1.82) is 0 Å². The van der Waals surface area contributed by atoms with E-state index in [-0.39, 0.29) is 5.92 Å². The van der Waals surface area contributed by atoms with Crippen LogP contribution in [0.4, 0.5) is 0 Å². The second-order valence-corrected chi connectivity index (χ2v) is 8.72. The van der Waals surface area contributed by atoms with Crippen molar-refractivity contribution in [3.05, 3.63) is 12.7 Å². The average molecular weight is 311 g/mol. The van der Waals surface area contributed by atoms with E-state index in [2.05, 4.69) is 6.58 Å². The van der Waals surface area contributed by atoms with E-state index in [1.807, 2.05) is 6.08 Å². The van der Waals surface area contributed by atoms with Crippen LogP contribution in [0.1, 0.15) is 77.0 Å². The number of carbonyl (C=O) groups excluding carboxylic acids is 1. The highest BCUT2D eigenvalue weighted by Gasteiger charge is 2.39. The molecule has 2 bridgehead atoms. The minimum Gasteiger partial charge on any atom is -0.299 e. The van der Waals surface area contributed by atoms with Crippen LogP contribution in [-0.2, 0) is 15.6 Å². The van der Waals surface area contributed by atoms with Crippen molar-refractivity contribution in [2.75, 3.05) is 0 Å². The van der Waals surface area contributed by atoms with Gasteiger partial charge in [0.1, 0.15) is 5.78 Å². The highest BCUT2D eigenvalue weighted by Crippen LogP contribution is 2.37. The van der Waals surface area contributed by atoms with Gasteiger partial charge in [-0.05, 0) is 44.9 Å². The lowest BCUT2D eigenvalue weighted by Crippen LogP contribution is -2.41. The fourth-order valence-corrected chi connectivity index (χ4v) is 6.01. The molecule has 2 rings (SSSR count). The topological polar surface area (TPSA) is 34.1 Å². The van der Waals surface area contributed by atoms with Gasteiger partial charge in [-0.3, -0.25) is 9.00 Å². The standard InChI is InChI=1S/C18H30O2S/c1-2-3-4-5-6-7-8-12-18(19)15-13-16-10-9-11-17(14-15)21(16)20/h2,15-17H,1,3-14H2. The summed E-state index contributed by atoms with van der Waals surface area (Å²) in [6.07, 6.45) is 15.0. The molecule has 2 saturated heterocycles. The Morgan fingerprint density at radius 3 is 2.33 bits per heavy atom. The van der Waals surface area contributed by atoms with Crippen molar-refractivity contribution >= 4 is 16.6 Å². The molecule has 0 radical (unpaired) electrons. The van der Waals surface area contributed by atoms with Crippen LogP contribution in [-0.4, -0.2) is 20.5 Å². The lowest BCUT2D eigenvalue weighted by molar-refractivity contribution is -0.123. The Morgan fingerprint density at radius 1 is 1.05 bits per heavy atom. The van der Waals surface area contributed by atoms with Gasteiger partial charge in [-0.2, -0.15) is 0 Å². The molecule has 0 aromatic rings. The van der Waals surface area contributed by atoms with Crippen LogP contribution in [0.15, 0.2) is 12.7 Å². The van der Waals surface area contributed by atoms with E-state index in [1.165, 1.54) is 32.1 Å². The molecule has 2 aliphatic rings. The number of unbranched alkanes of at least 4 members (excludes halogenated alkanes) is 5. The van der Waals surface area contributed by atoms with Crippen molar-refractivity contribution in [1.82, 2.24) is 0 Å². The minimum absolute atomic E-state index is 0.221. The Hall–Kier alpha value is -0.440. The van der Waals surface area contributed by atoms with E-state index in [4.69, 9.17) is 0 Å². The van der Waals surface area contributed by atoms with Gasteiger partial charge in [0, 0.05) is 33.6 Å². The molecular formula is C18H30O2S. The third-order valence-corrected chi connectivity index (χ3v) is 7.26. The second kappa shape index (κ2) is 8.87. The van der Waals surface area contributed by atoms with E-state index >= 15 is 0 Å². The van der Waals surface area contributed by atoms with Crippen molar-refractivity contribution in [2.45, 2.75) is 87.5 Å². The SMILES string of the molecule is C=CCCCCCCCC(=O)C1CC2CCCC(C1)S2=O. The first-order valence-electron chi connectivity index (χ1n) is 8.75. The number of ketones is 1. The predicted octanol–water partition coefficient (Wildman–Crippen LogP) is 4.55. The monoisotopic (exact) mass is 310 g/mol. The third kappa shape index (κ3) is 5.05. The van der Waals surface area contributed by atoms with Crippen molar-refractivity contribution in [2.24, 2.45) is 5.92 Å². The molecule has 21 heavy (non-hydrogen) atoms. The van der Waals surface area contributed by atoms with Crippen molar-refractivity contribution in [3.8, 4) is 0 Å². The molecule has 0 aliphatic carbocycles. The van der Waals surface area contributed by atoms with Crippen LogP contribution in [0.2, 0.25) is 0 Å².